The number of benzene rings is 4. The molecule has 0 saturated carbocycles. The molecule has 0 saturated heterocycles. The zero-order valence-electron chi connectivity index (χ0n) is 12.3. The predicted molar refractivity (Wildman–Crippen MR) is 91.2 cm³/mol. The van der Waals surface area contributed by atoms with E-state index in [1.165, 1.54) is 0 Å². The molecule has 0 aliphatic heterocycles. The van der Waals surface area contributed by atoms with Gasteiger partial charge in [0.2, 0.25) is 0 Å². The van der Waals surface area contributed by atoms with E-state index in [2.05, 4.69) is 0 Å². The molecule has 0 aromatic heterocycles. The SMILES string of the molecule is Oc1cccc2ccccc12.Oc1cccc2ccccc12.[Ni]. The molecule has 4 aromatic rings. The van der Waals surface area contributed by atoms with Crippen molar-refractivity contribution in [3.8, 4) is 11.5 Å². The molecule has 0 aliphatic rings. The first-order valence-corrected chi connectivity index (χ1v) is 7.09. The van der Waals surface area contributed by atoms with E-state index in [0.717, 1.165) is 21.5 Å². The van der Waals surface area contributed by atoms with Gasteiger partial charge in [0.15, 0.2) is 0 Å². The Bertz CT molecular complexity index is 831. The van der Waals surface area contributed by atoms with E-state index in [1.54, 1.807) is 12.1 Å². The maximum absolute atomic E-state index is 9.37. The summed E-state index contributed by atoms with van der Waals surface area (Å²) in [5.41, 5.74) is 0. The average Bonchev–Trinajstić information content (AvgIpc) is 2.57. The molecular formula is C20H16NiO2. The molecule has 0 heterocycles. The van der Waals surface area contributed by atoms with E-state index in [1.807, 2.05) is 72.8 Å². The number of phenolic OH excluding ortho intramolecular Hbond substituents is 2. The fourth-order valence-electron chi connectivity index (χ4n) is 2.42. The molecule has 3 heteroatoms. The van der Waals surface area contributed by atoms with Gasteiger partial charge in [0, 0.05) is 27.3 Å². The molecule has 23 heavy (non-hydrogen) atoms. The first-order valence-electron chi connectivity index (χ1n) is 7.09. The molecule has 0 amide bonds. The van der Waals surface area contributed by atoms with Gasteiger partial charge in [0.05, 0.1) is 0 Å². The van der Waals surface area contributed by atoms with Gasteiger partial charge in [-0.15, -0.1) is 0 Å². The maximum Gasteiger partial charge on any atom is 0.123 e. The molecule has 118 valence electrons. The van der Waals surface area contributed by atoms with E-state index in [9.17, 15) is 10.2 Å². The normalized spacial score (nSPS) is 9.74. The molecular weight excluding hydrogens is 331 g/mol. The zero-order chi connectivity index (χ0) is 15.4. The van der Waals surface area contributed by atoms with Crippen molar-refractivity contribution in [2.24, 2.45) is 0 Å². The maximum atomic E-state index is 9.37. The number of phenols is 2. The van der Waals surface area contributed by atoms with Crippen LogP contribution >= 0.6 is 0 Å². The monoisotopic (exact) mass is 346 g/mol. The van der Waals surface area contributed by atoms with Gasteiger partial charge in [-0.05, 0) is 22.9 Å². The average molecular weight is 347 g/mol. The molecule has 0 atom stereocenters. The second kappa shape index (κ2) is 7.66. The fraction of sp³-hybridized carbons (Fsp3) is 0. The summed E-state index contributed by atoms with van der Waals surface area (Å²) >= 11 is 0. The fourth-order valence-corrected chi connectivity index (χ4v) is 2.42. The Hall–Kier alpha value is -2.51. The molecule has 0 bridgehead atoms. The molecule has 0 aliphatic carbocycles. The van der Waals surface area contributed by atoms with Crippen molar-refractivity contribution in [1.82, 2.24) is 0 Å². The van der Waals surface area contributed by atoms with Crippen LogP contribution in [0.4, 0.5) is 0 Å². The zero-order valence-corrected chi connectivity index (χ0v) is 13.3. The molecule has 4 rings (SSSR count). The Kier molecular flexibility index (Phi) is 5.62. The van der Waals surface area contributed by atoms with Crippen LogP contribution in [0.15, 0.2) is 84.9 Å². The summed E-state index contributed by atoms with van der Waals surface area (Å²) in [6.07, 6.45) is 0. The van der Waals surface area contributed by atoms with Crippen LogP contribution in [0.5, 0.6) is 11.5 Å². The minimum atomic E-state index is 0. The van der Waals surface area contributed by atoms with Crippen molar-refractivity contribution >= 4 is 21.5 Å². The van der Waals surface area contributed by atoms with E-state index >= 15 is 0 Å². The summed E-state index contributed by atoms with van der Waals surface area (Å²) in [6, 6.07) is 26.6. The van der Waals surface area contributed by atoms with E-state index in [-0.39, 0.29) is 16.5 Å². The van der Waals surface area contributed by atoms with Crippen LogP contribution in [0.3, 0.4) is 0 Å². The van der Waals surface area contributed by atoms with Crippen LogP contribution in [-0.4, -0.2) is 10.2 Å². The van der Waals surface area contributed by atoms with E-state index in [0.29, 0.717) is 11.5 Å². The Balaban J connectivity index is 0.000000160. The van der Waals surface area contributed by atoms with Crippen molar-refractivity contribution in [2.45, 2.75) is 0 Å². The third-order valence-electron chi connectivity index (χ3n) is 3.53. The third-order valence-corrected chi connectivity index (χ3v) is 3.53. The standard InChI is InChI=1S/2C10H8O.Ni/c2*11-10-7-3-5-8-4-1-2-6-9(8)10;/h2*1-7,11H;. The molecule has 4 aromatic carbocycles. The predicted octanol–water partition coefficient (Wildman–Crippen LogP) is 5.09. The van der Waals surface area contributed by atoms with Gasteiger partial charge in [-0.1, -0.05) is 72.8 Å². The van der Waals surface area contributed by atoms with Crippen molar-refractivity contribution in [3.63, 3.8) is 0 Å². The van der Waals surface area contributed by atoms with Crippen LogP contribution in [0.25, 0.3) is 21.5 Å². The summed E-state index contributed by atoms with van der Waals surface area (Å²) in [7, 11) is 0. The first kappa shape index (κ1) is 16.9. The van der Waals surface area contributed by atoms with E-state index in [4.69, 9.17) is 0 Å². The largest absolute Gasteiger partial charge is 0.507 e. The summed E-state index contributed by atoms with van der Waals surface area (Å²) < 4.78 is 0. The number of fused-ring (bicyclic) bond motifs is 2. The van der Waals surface area contributed by atoms with Crippen LogP contribution < -0.4 is 0 Å². The van der Waals surface area contributed by atoms with Gasteiger partial charge in [-0.3, -0.25) is 0 Å². The van der Waals surface area contributed by atoms with Gasteiger partial charge in [0.1, 0.15) is 11.5 Å². The van der Waals surface area contributed by atoms with Crippen molar-refractivity contribution in [3.05, 3.63) is 84.9 Å². The minimum Gasteiger partial charge on any atom is -0.507 e. The number of aromatic hydroxyl groups is 2. The van der Waals surface area contributed by atoms with Gasteiger partial charge < -0.3 is 10.2 Å². The smallest absolute Gasteiger partial charge is 0.123 e. The third kappa shape index (κ3) is 3.82. The molecule has 2 nitrogen and oxygen atoms in total. The molecule has 0 fully saturated rings. The van der Waals surface area contributed by atoms with Crippen LogP contribution in [0, 0.1) is 0 Å². The minimum absolute atomic E-state index is 0. The van der Waals surface area contributed by atoms with Crippen LogP contribution in [0.1, 0.15) is 0 Å². The van der Waals surface area contributed by atoms with Gasteiger partial charge in [0.25, 0.3) is 0 Å². The van der Waals surface area contributed by atoms with Crippen LogP contribution in [0.2, 0.25) is 0 Å². The Morgan fingerprint density at radius 1 is 0.435 bits per heavy atom. The Morgan fingerprint density at radius 2 is 0.783 bits per heavy atom. The molecule has 2 N–H and O–H groups in total. The van der Waals surface area contributed by atoms with E-state index < -0.39 is 0 Å². The summed E-state index contributed by atoms with van der Waals surface area (Å²) in [5, 5.41) is 22.7. The molecule has 0 spiro atoms. The quantitative estimate of drug-likeness (QED) is 0.435. The number of hydrogen-bond acceptors (Lipinski definition) is 2. The second-order valence-electron chi connectivity index (χ2n) is 5.00. The topological polar surface area (TPSA) is 40.5 Å². The summed E-state index contributed by atoms with van der Waals surface area (Å²) in [6.45, 7) is 0. The van der Waals surface area contributed by atoms with Crippen molar-refractivity contribution in [1.29, 1.82) is 0 Å². The van der Waals surface area contributed by atoms with Crippen molar-refractivity contribution in [2.75, 3.05) is 0 Å². The Labute approximate surface area is 144 Å². The van der Waals surface area contributed by atoms with Gasteiger partial charge in [-0.2, -0.15) is 0 Å². The van der Waals surface area contributed by atoms with Gasteiger partial charge in [-0.25, -0.2) is 0 Å². The van der Waals surface area contributed by atoms with Crippen LogP contribution in [-0.2, 0) is 16.5 Å². The summed E-state index contributed by atoms with van der Waals surface area (Å²) in [5.74, 6) is 0.700. The molecule has 0 unspecified atom stereocenters. The second-order valence-corrected chi connectivity index (χ2v) is 5.00. The summed E-state index contributed by atoms with van der Waals surface area (Å²) in [4.78, 5) is 0. The van der Waals surface area contributed by atoms with Gasteiger partial charge >= 0.3 is 0 Å². The Morgan fingerprint density at radius 3 is 1.17 bits per heavy atom. The van der Waals surface area contributed by atoms with Crippen molar-refractivity contribution < 1.29 is 26.7 Å². The molecule has 0 radical (unpaired) electrons. The first-order chi connectivity index (χ1) is 10.8. The number of rotatable bonds is 0. The number of hydrogen-bond donors (Lipinski definition) is 2.